The first kappa shape index (κ1) is 31.9. The Labute approximate surface area is 322 Å². The van der Waals surface area contributed by atoms with Crippen molar-refractivity contribution < 1.29 is 4.42 Å². The molecule has 3 heterocycles. The first-order chi connectivity index (χ1) is 27.8. The zero-order valence-electron chi connectivity index (χ0n) is 30.2. The number of furan rings is 1. The van der Waals surface area contributed by atoms with Crippen molar-refractivity contribution in [1.29, 1.82) is 0 Å². The lowest BCUT2D eigenvalue weighted by Gasteiger charge is -2.13. The van der Waals surface area contributed by atoms with E-state index in [4.69, 9.17) is 19.4 Å². The summed E-state index contributed by atoms with van der Waals surface area (Å²) in [5.74, 6) is 1.78. The van der Waals surface area contributed by atoms with Gasteiger partial charge in [-0.1, -0.05) is 146 Å². The topological polar surface area (TPSA) is 56.7 Å². The fourth-order valence-electron chi connectivity index (χ4n) is 8.06. The second kappa shape index (κ2) is 13.0. The van der Waals surface area contributed by atoms with Crippen molar-refractivity contribution in [1.82, 2.24) is 19.5 Å². The molecule has 5 nitrogen and oxygen atoms in total. The minimum absolute atomic E-state index is 0.581. The van der Waals surface area contributed by atoms with Gasteiger partial charge in [-0.2, -0.15) is 0 Å². The molecule has 0 saturated carbocycles. The maximum Gasteiger partial charge on any atom is 0.164 e. The highest BCUT2D eigenvalue weighted by molar-refractivity contribution is 6.23. The van der Waals surface area contributed by atoms with Crippen LogP contribution >= 0.6 is 0 Å². The quantitative estimate of drug-likeness (QED) is 0.172. The van der Waals surface area contributed by atoms with Crippen LogP contribution in [0.25, 0.3) is 106 Å². The molecule has 5 heteroatoms. The number of rotatable bonds is 6. The summed E-state index contributed by atoms with van der Waals surface area (Å²) in [6.45, 7) is 0. The Kier molecular flexibility index (Phi) is 7.42. The normalized spacial score (nSPS) is 11.6. The van der Waals surface area contributed by atoms with Crippen LogP contribution in [0.2, 0.25) is 0 Å². The smallest absolute Gasteiger partial charge is 0.164 e. The third kappa shape index (κ3) is 5.29. The van der Waals surface area contributed by atoms with Crippen LogP contribution in [-0.4, -0.2) is 19.5 Å². The first-order valence-corrected chi connectivity index (χ1v) is 18.8. The number of nitrogens with zero attached hydrogens (tertiary/aromatic N) is 4. The van der Waals surface area contributed by atoms with Gasteiger partial charge in [-0.15, -0.1) is 0 Å². The molecule has 8 aromatic carbocycles. The Morgan fingerprint density at radius 2 is 0.911 bits per heavy atom. The zero-order valence-corrected chi connectivity index (χ0v) is 30.2. The van der Waals surface area contributed by atoms with Gasteiger partial charge in [0.2, 0.25) is 0 Å². The number of hydrogen-bond donors (Lipinski definition) is 0. The third-order valence-electron chi connectivity index (χ3n) is 10.6. The summed E-state index contributed by atoms with van der Waals surface area (Å²) in [6.07, 6.45) is 0. The molecule has 0 atom stereocenters. The number of fused-ring (bicyclic) bond motifs is 7. The van der Waals surface area contributed by atoms with Crippen molar-refractivity contribution in [3.8, 4) is 62.1 Å². The van der Waals surface area contributed by atoms with Crippen LogP contribution in [0.15, 0.2) is 199 Å². The summed E-state index contributed by atoms with van der Waals surface area (Å²) in [5.41, 5.74) is 12.0. The van der Waals surface area contributed by atoms with Crippen molar-refractivity contribution >= 4 is 43.7 Å². The molecule has 3 aromatic heterocycles. The molecule has 0 bridgehead atoms. The van der Waals surface area contributed by atoms with Crippen LogP contribution in [0.1, 0.15) is 0 Å². The van der Waals surface area contributed by atoms with Gasteiger partial charge >= 0.3 is 0 Å². The third-order valence-corrected chi connectivity index (χ3v) is 10.6. The summed E-state index contributed by atoms with van der Waals surface area (Å²) in [5, 5.41) is 4.28. The van der Waals surface area contributed by atoms with Crippen LogP contribution in [0.3, 0.4) is 0 Å². The standard InChI is InChI=1S/C51H32N4O/c1-5-16-33(17-6-1)36-30-37(34-18-7-2-8-19-34)32-38(31-36)50-52-49(35-20-9-3-10-21-35)53-51(54-50)43-25-15-27-45-46(43)42-29-28-41-40-24-13-14-26-44(40)55(47(41)48(42)56-45)39-22-11-4-12-23-39/h1-32H. The maximum absolute atomic E-state index is 6.89. The van der Waals surface area contributed by atoms with Crippen molar-refractivity contribution in [3.05, 3.63) is 194 Å². The number of benzene rings is 8. The second-order valence-electron chi connectivity index (χ2n) is 14.0. The molecule has 0 amide bonds. The SMILES string of the molecule is c1ccc(-c2cc(-c3ccccc3)cc(-c3nc(-c4ccccc4)nc(-c4cccc5oc6c(ccc7c8ccccc8n(-c8ccccc8)c76)c45)n3)c2)cc1. The molecule has 11 aromatic rings. The Morgan fingerprint density at radius 3 is 1.59 bits per heavy atom. The van der Waals surface area contributed by atoms with Crippen LogP contribution in [0, 0.1) is 0 Å². The molecular formula is C51H32N4O. The lowest BCUT2D eigenvalue weighted by Crippen LogP contribution is -2.01. The van der Waals surface area contributed by atoms with E-state index < -0.39 is 0 Å². The summed E-state index contributed by atoms with van der Waals surface area (Å²) in [4.78, 5) is 15.6. The Bertz CT molecular complexity index is 3170. The van der Waals surface area contributed by atoms with Gasteiger partial charge in [-0.25, -0.2) is 15.0 Å². The predicted octanol–water partition coefficient (Wildman–Crippen LogP) is 13.2. The van der Waals surface area contributed by atoms with E-state index in [2.05, 4.69) is 138 Å². The molecule has 0 unspecified atom stereocenters. The number of hydrogen-bond acceptors (Lipinski definition) is 4. The summed E-state index contributed by atoms with van der Waals surface area (Å²) < 4.78 is 9.20. The Balaban J connectivity index is 1.18. The molecule has 0 aliphatic carbocycles. The fraction of sp³-hybridized carbons (Fsp3) is 0. The van der Waals surface area contributed by atoms with Gasteiger partial charge in [0.25, 0.3) is 0 Å². The molecule has 0 fully saturated rings. The molecule has 0 radical (unpaired) electrons. The minimum Gasteiger partial charge on any atom is -0.454 e. The van der Waals surface area contributed by atoms with E-state index in [1.165, 1.54) is 5.39 Å². The van der Waals surface area contributed by atoms with Crippen molar-refractivity contribution in [2.75, 3.05) is 0 Å². The maximum atomic E-state index is 6.89. The van der Waals surface area contributed by atoms with Gasteiger partial charge in [-0.3, -0.25) is 0 Å². The van der Waals surface area contributed by atoms with Crippen molar-refractivity contribution in [3.63, 3.8) is 0 Å². The highest BCUT2D eigenvalue weighted by Gasteiger charge is 2.22. The van der Waals surface area contributed by atoms with E-state index >= 15 is 0 Å². The van der Waals surface area contributed by atoms with E-state index in [0.29, 0.717) is 17.5 Å². The van der Waals surface area contributed by atoms with Gasteiger partial charge < -0.3 is 8.98 Å². The Hall–Kier alpha value is -7.63. The van der Waals surface area contributed by atoms with E-state index in [0.717, 1.165) is 83.0 Å². The van der Waals surface area contributed by atoms with E-state index in [-0.39, 0.29) is 0 Å². The van der Waals surface area contributed by atoms with Gasteiger partial charge in [-0.05, 0) is 70.8 Å². The first-order valence-electron chi connectivity index (χ1n) is 18.8. The van der Waals surface area contributed by atoms with Gasteiger partial charge in [0.05, 0.1) is 11.0 Å². The van der Waals surface area contributed by atoms with E-state index in [1.807, 2.05) is 60.7 Å². The zero-order chi connectivity index (χ0) is 37.0. The molecular weight excluding hydrogens is 685 g/mol. The number of para-hydroxylation sites is 2. The van der Waals surface area contributed by atoms with Gasteiger partial charge in [0.1, 0.15) is 5.58 Å². The minimum atomic E-state index is 0.581. The molecule has 56 heavy (non-hydrogen) atoms. The molecule has 11 rings (SSSR count). The van der Waals surface area contributed by atoms with Crippen LogP contribution < -0.4 is 0 Å². The van der Waals surface area contributed by atoms with Gasteiger partial charge in [0, 0.05) is 43.9 Å². The van der Waals surface area contributed by atoms with Crippen molar-refractivity contribution in [2.45, 2.75) is 0 Å². The second-order valence-corrected chi connectivity index (χ2v) is 14.0. The van der Waals surface area contributed by atoms with Gasteiger partial charge in [0.15, 0.2) is 23.1 Å². The highest BCUT2D eigenvalue weighted by atomic mass is 16.3. The van der Waals surface area contributed by atoms with Crippen LogP contribution in [-0.2, 0) is 0 Å². The van der Waals surface area contributed by atoms with Crippen molar-refractivity contribution in [2.24, 2.45) is 0 Å². The largest absolute Gasteiger partial charge is 0.454 e. The molecule has 262 valence electrons. The summed E-state index contributed by atoms with van der Waals surface area (Å²) >= 11 is 0. The molecule has 0 N–H and O–H groups in total. The monoisotopic (exact) mass is 716 g/mol. The predicted molar refractivity (Wildman–Crippen MR) is 229 cm³/mol. The van der Waals surface area contributed by atoms with E-state index in [9.17, 15) is 0 Å². The number of aromatic nitrogens is 4. The molecule has 0 aliphatic rings. The lowest BCUT2D eigenvalue weighted by molar-refractivity contribution is 0.671. The average molecular weight is 717 g/mol. The molecule has 0 saturated heterocycles. The summed E-state index contributed by atoms with van der Waals surface area (Å²) in [7, 11) is 0. The van der Waals surface area contributed by atoms with E-state index in [1.54, 1.807) is 0 Å². The fourth-order valence-corrected chi connectivity index (χ4v) is 8.06. The highest BCUT2D eigenvalue weighted by Crippen LogP contribution is 2.43. The molecule has 0 aliphatic heterocycles. The lowest BCUT2D eigenvalue weighted by atomic mass is 9.96. The summed E-state index contributed by atoms with van der Waals surface area (Å²) in [6, 6.07) is 67.3. The Morgan fingerprint density at radius 1 is 0.375 bits per heavy atom. The average Bonchev–Trinajstić information content (AvgIpc) is 3.84. The molecule has 0 spiro atoms. The van der Waals surface area contributed by atoms with Crippen LogP contribution in [0.4, 0.5) is 0 Å². The van der Waals surface area contributed by atoms with Crippen LogP contribution in [0.5, 0.6) is 0 Å².